The van der Waals surface area contributed by atoms with Crippen LogP contribution in [0.2, 0.25) is 0 Å². The third-order valence-electron chi connectivity index (χ3n) is 1.58. The smallest absolute Gasteiger partial charge is 0.258 e. The van der Waals surface area contributed by atoms with E-state index in [0.29, 0.717) is 5.75 Å². The van der Waals surface area contributed by atoms with Crippen LogP contribution in [0, 0.1) is 12.3 Å². The van der Waals surface area contributed by atoms with E-state index in [9.17, 15) is 4.79 Å². The van der Waals surface area contributed by atoms with Crippen molar-refractivity contribution in [3.8, 4) is 18.1 Å². The number of halogens is 1. The van der Waals surface area contributed by atoms with E-state index in [0.717, 1.165) is 4.47 Å². The summed E-state index contributed by atoms with van der Waals surface area (Å²) in [6, 6.07) is 7.32. The van der Waals surface area contributed by atoms with Crippen LogP contribution in [-0.2, 0) is 4.79 Å². The molecule has 0 bridgehead atoms. The molecule has 0 atom stereocenters. The van der Waals surface area contributed by atoms with Crippen LogP contribution in [0.5, 0.6) is 5.75 Å². The van der Waals surface area contributed by atoms with E-state index in [1.807, 2.05) is 18.2 Å². The molecule has 0 saturated heterocycles. The minimum Gasteiger partial charge on any atom is -0.483 e. The van der Waals surface area contributed by atoms with Gasteiger partial charge in [0.25, 0.3) is 5.91 Å². The number of carbonyl (C=O) groups excluding carboxylic acids is 1. The van der Waals surface area contributed by atoms with Crippen LogP contribution in [-0.4, -0.2) is 19.1 Å². The highest BCUT2D eigenvalue weighted by Crippen LogP contribution is 2.23. The van der Waals surface area contributed by atoms with Gasteiger partial charge < -0.3 is 10.1 Å². The second kappa shape index (κ2) is 6.10. The zero-order valence-corrected chi connectivity index (χ0v) is 9.58. The van der Waals surface area contributed by atoms with E-state index in [-0.39, 0.29) is 19.1 Å². The number of amides is 1. The highest BCUT2D eigenvalue weighted by molar-refractivity contribution is 9.10. The van der Waals surface area contributed by atoms with Crippen LogP contribution >= 0.6 is 15.9 Å². The molecule has 0 heterocycles. The van der Waals surface area contributed by atoms with Gasteiger partial charge in [-0.15, -0.1) is 6.42 Å². The molecule has 0 spiro atoms. The lowest BCUT2D eigenvalue weighted by atomic mass is 10.3. The van der Waals surface area contributed by atoms with Crippen LogP contribution in [0.1, 0.15) is 0 Å². The number of carbonyl (C=O) groups is 1. The lowest BCUT2D eigenvalue weighted by Crippen LogP contribution is -2.29. The average Bonchev–Trinajstić information content (AvgIpc) is 2.25. The fraction of sp³-hybridized carbons (Fsp3) is 0.182. The Balaban J connectivity index is 2.41. The van der Waals surface area contributed by atoms with Gasteiger partial charge in [-0.2, -0.15) is 0 Å². The molecule has 1 rings (SSSR count). The lowest BCUT2D eigenvalue weighted by molar-refractivity contribution is -0.122. The van der Waals surface area contributed by atoms with Gasteiger partial charge in [0.2, 0.25) is 0 Å². The molecule has 0 aliphatic rings. The van der Waals surface area contributed by atoms with Gasteiger partial charge in [0.1, 0.15) is 5.75 Å². The molecule has 1 aromatic rings. The first-order valence-corrected chi connectivity index (χ1v) is 5.11. The van der Waals surface area contributed by atoms with Crippen molar-refractivity contribution in [3.63, 3.8) is 0 Å². The van der Waals surface area contributed by atoms with Crippen molar-refractivity contribution in [2.45, 2.75) is 0 Å². The maximum atomic E-state index is 11.1. The third kappa shape index (κ3) is 4.05. The van der Waals surface area contributed by atoms with Gasteiger partial charge >= 0.3 is 0 Å². The Bertz CT molecular complexity index is 384. The molecule has 0 aromatic heterocycles. The number of para-hydroxylation sites is 1. The number of terminal acetylenes is 1. The summed E-state index contributed by atoms with van der Waals surface area (Å²) in [5.41, 5.74) is 0. The number of hydrogen-bond acceptors (Lipinski definition) is 2. The monoisotopic (exact) mass is 267 g/mol. The molecular formula is C11H10BrNO2. The highest BCUT2D eigenvalue weighted by atomic mass is 79.9. The SMILES string of the molecule is C#CCNC(=O)COc1ccccc1Br. The molecule has 0 fully saturated rings. The molecule has 0 aliphatic carbocycles. The summed E-state index contributed by atoms with van der Waals surface area (Å²) in [4.78, 5) is 11.1. The molecule has 0 saturated carbocycles. The van der Waals surface area contributed by atoms with Crippen LogP contribution in [0.4, 0.5) is 0 Å². The minimum atomic E-state index is -0.233. The Morgan fingerprint density at radius 2 is 2.27 bits per heavy atom. The van der Waals surface area contributed by atoms with Crippen LogP contribution in [0.25, 0.3) is 0 Å². The number of rotatable bonds is 4. The second-order valence-corrected chi connectivity index (χ2v) is 3.55. The quantitative estimate of drug-likeness (QED) is 0.842. The molecule has 15 heavy (non-hydrogen) atoms. The van der Waals surface area contributed by atoms with E-state index in [1.54, 1.807) is 6.07 Å². The topological polar surface area (TPSA) is 38.3 Å². The normalized spacial score (nSPS) is 9.07. The predicted octanol–water partition coefficient (Wildman–Crippen LogP) is 1.58. The molecule has 0 unspecified atom stereocenters. The van der Waals surface area contributed by atoms with Gasteiger partial charge in [0, 0.05) is 0 Å². The predicted molar refractivity (Wildman–Crippen MR) is 61.5 cm³/mol. The zero-order chi connectivity index (χ0) is 11.1. The summed E-state index contributed by atoms with van der Waals surface area (Å²) in [5, 5.41) is 2.51. The van der Waals surface area contributed by atoms with Gasteiger partial charge in [-0.05, 0) is 28.1 Å². The molecular weight excluding hydrogens is 258 g/mol. The molecule has 4 heteroatoms. The maximum Gasteiger partial charge on any atom is 0.258 e. The van der Waals surface area contributed by atoms with Crippen LogP contribution in [0.3, 0.4) is 0 Å². The Hall–Kier alpha value is -1.47. The lowest BCUT2D eigenvalue weighted by Gasteiger charge is -2.06. The Morgan fingerprint density at radius 3 is 2.93 bits per heavy atom. The fourth-order valence-electron chi connectivity index (χ4n) is 0.906. The number of hydrogen-bond donors (Lipinski definition) is 1. The molecule has 1 N–H and O–H groups in total. The molecule has 3 nitrogen and oxygen atoms in total. The third-order valence-corrected chi connectivity index (χ3v) is 2.24. The van der Waals surface area contributed by atoms with E-state index >= 15 is 0 Å². The highest BCUT2D eigenvalue weighted by Gasteiger charge is 2.03. The van der Waals surface area contributed by atoms with Crippen molar-refractivity contribution in [2.24, 2.45) is 0 Å². The van der Waals surface area contributed by atoms with Crippen molar-refractivity contribution in [1.82, 2.24) is 5.32 Å². The standard InChI is InChI=1S/C11H10BrNO2/c1-2-7-13-11(14)8-15-10-6-4-3-5-9(10)12/h1,3-6H,7-8H2,(H,13,14). The molecule has 78 valence electrons. The molecule has 1 amide bonds. The van der Waals surface area contributed by atoms with E-state index in [2.05, 4.69) is 27.2 Å². The first kappa shape index (κ1) is 11.6. The maximum absolute atomic E-state index is 11.1. The van der Waals surface area contributed by atoms with E-state index < -0.39 is 0 Å². The summed E-state index contributed by atoms with van der Waals surface area (Å²) in [6.45, 7) is 0.183. The van der Waals surface area contributed by atoms with Crippen LogP contribution in [0.15, 0.2) is 28.7 Å². The minimum absolute atomic E-state index is 0.0374. The van der Waals surface area contributed by atoms with Crippen molar-refractivity contribution in [3.05, 3.63) is 28.7 Å². The summed E-state index contributed by atoms with van der Waals surface area (Å²) in [7, 11) is 0. The number of benzene rings is 1. The van der Waals surface area contributed by atoms with Gasteiger partial charge in [-0.25, -0.2) is 0 Å². The first-order valence-electron chi connectivity index (χ1n) is 4.31. The molecule has 0 aliphatic heterocycles. The van der Waals surface area contributed by atoms with Crippen molar-refractivity contribution in [2.75, 3.05) is 13.2 Å². The van der Waals surface area contributed by atoms with Gasteiger partial charge in [0.05, 0.1) is 11.0 Å². The molecule has 0 radical (unpaired) electrons. The molecule has 1 aromatic carbocycles. The van der Waals surface area contributed by atoms with E-state index in [4.69, 9.17) is 11.2 Å². The van der Waals surface area contributed by atoms with E-state index in [1.165, 1.54) is 0 Å². The Morgan fingerprint density at radius 1 is 1.53 bits per heavy atom. The van der Waals surface area contributed by atoms with Gasteiger partial charge in [-0.3, -0.25) is 4.79 Å². The fourth-order valence-corrected chi connectivity index (χ4v) is 1.30. The van der Waals surface area contributed by atoms with Crippen molar-refractivity contribution >= 4 is 21.8 Å². The number of ether oxygens (including phenoxy) is 1. The zero-order valence-electron chi connectivity index (χ0n) is 8.00. The van der Waals surface area contributed by atoms with Crippen molar-refractivity contribution < 1.29 is 9.53 Å². The van der Waals surface area contributed by atoms with Gasteiger partial charge in [-0.1, -0.05) is 18.1 Å². The average molecular weight is 268 g/mol. The van der Waals surface area contributed by atoms with Crippen molar-refractivity contribution in [1.29, 1.82) is 0 Å². The largest absolute Gasteiger partial charge is 0.483 e. The van der Waals surface area contributed by atoms with Crippen LogP contribution < -0.4 is 10.1 Å². The summed E-state index contributed by atoms with van der Waals surface area (Å²) >= 11 is 3.31. The summed E-state index contributed by atoms with van der Waals surface area (Å²) in [5.74, 6) is 2.71. The summed E-state index contributed by atoms with van der Waals surface area (Å²) in [6.07, 6.45) is 5.00. The number of nitrogens with one attached hydrogen (secondary N) is 1. The Labute approximate surface area is 96.9 Å². The summed E-state index contributed by atoms with van der Waals surface area (Å²) < 4.78 is 6.08. The Kier molecular flexibility index (Phi) is 4.72. The first-order chi connectivity index (χ1) is 7.24. The van der Waals surface area contributed by atoms with Gasteiger partial charge in [0.15, 0.2) is 6.61 Å². The second-order valence-electron chi connectivity index (χ2n) is 2.70.